The van der Waals surface area contributed by atoms with E-state index in [9.17, 15) is 0 Å². The van der Waals surface area contributed by atoms with Crippen LogP contribution in [-0.2, 0) is 0 Å². The summed E-state index contributed by atoms with van der Waals surface area (Å²) in [5.41, 5.74) is 10.1. The number of fused-ring (bicyclic) bond motifs is 9. The van der Waals surface area contributed by atoms with E-state index in [1.807, 2.05) is 36.4 Å². The molecule has 0 aliphatic rings. The Morgan fingerprint density at radius 1 is 0.306 bits per heavy atom. The van der Waals surface area contributed by atoms with Crippen molar-refractivity contribution in [3.05, 3.63) is 158 Å². The third-order valence-corrected chi connectivity index (χ3v) is 10.1. The van der Waals surface area contributed by atoms with Gasteiger partial charge in [-0.3, -0.25) is 0 Å². The number of hydrogen-bond acceptors (Lipinski definition) is 3. The number of benzene rings is 8. The zero-order chi connectivity index (χ0) is 32.1. The van der Waals surface area contributed by atoms with E-state index in [-0.39, 0.29) is 0 Å². The summed E-state index contributed by atoms with van der Waals surface area (Å²) in [6, 6.07) is 55.5. The molecule has 0 bridgehead atoms. The van der Waals surface area contributed by atoms with Crippen LogP contribution >= 0.6 is 0 Å². The van der Waals surface area contributed by atoms with Crippen molar-refractivity contribution in [3.8, 4) is 33.6 Å². The first-order valence-corrected chi connectivity index (χ1v) is 16.6. The topological polar surface area (TPSA) is 39.4 Å². The Bertz CT molecular complexity index is 3040. The lowest BCUT2D eigenvalue weighted by atomic mass is 9.84. The molecule has 0 atom stereocenters. The fourth-order valence-electron chi connectivity index (χ4n) is 7.92. The number of para-hydroxylation sites is 1. The summed E-state index contributed by atoms with van der Waals surface area (Å²) in [7, 11) is 0. The molecule has 3 heterocycles. The van der Waals surface area contributed by atoms with Gasteiger partial charge in [-0.25, -0.2) is 0 Å². The van der Waals surface area contributed by atoms with E-state index in [0.717, 1.165) is 71.7 Å². The Balaban J connectivity index is 1.17. The van der Waals surface area contributed by atoms with Gasteiger partial charge in [0.1, 0.15) is 33.7 Å². The molecular weight excluding hydrogens is 601 g/mol. The van der Waals surface area contributed by atoms with Crippen molar-refractivity contribution in [1.82, 2.24) is 0 Å². The predicted octanol–water partition coefficient (Wildman–Crippen LogP) is 13.5. The van der Waals surface area contributed by atoms with Crippen LogP contribution in [0.4, 0.5) is 0 Å². The van der Waals surface area contributed by atoms with Gasteiger partial charge in [0.15, 0.2) is 0 Å². The van der Waals surface area contributed by atoms with E-state index in [1.54, 1.807) is 0 Å². The molecule has 11 aromatic rings. The highest BCUT2D eigenvalue weighted by atomic mass is 16.3. The van der Waals surface area contributed by atoms with Crippen LogP contribution in [0.25, 0.3) is 110 Å². The maximum Gasteiger partial charge on any atom is 0.139 e. The van der Waals surface area contributed by atoms with Gasteiger partial charge in [-0.2, -0.15) is 0 Å². The minimum absolute atomic E-state index is 0.818. The molecule has 228 valence electrons. The third-order valence-electron chi connectivity index (χ3n) is 10.1. The Morgan fingerprint density at radius 3 is 1.69 bits per heavy atom. The Labute approximate surface area is 280 Å². The molecule has 0 spiro atoms. The van der Waals surface area contributed by atoms with Crippen molar-refractivity contribution >= 4 is 76.4 Å². The van der Waals surface area contributed by atoms with Crippen LogP contribution in [0.2, 0.25) is 0 Å². The number of hydrogen-bond donors (Lipinski definition) is 0. The first-order valence-electron chi connectivity index (χ1n) is 16.6. The summed E-state index contributed by atoms with van der Waals surface area (Å²) in [6.45, 7) is 0. The molecule has 0 saturated carbocycles. The molecule has 8 aromatic carbocycles. The zero-order valence-electron chi connectivity index (χ0n) is 26.2. The molecule has 49 heavy (non-hydrogen) atoms. The average molecular weight is 627 g/mol. The lowest BCUT2D eigenvalue weighted by Gasteiger charge is -2.18. The van der Waals surface area contributed by atoms with Gasteiger partial charge in [0, 0.05) is 38.6 Å². The molecule has 0 radical (unpaired) electrons. The van der Waals surface area contributed by atoms with Gasteiger partial charge in [-0.1, -0.05) is 115 Å². The molecule has 0 fully saturated rings. The lowest BCUT2D eigenvalue weighted by molar-refractivity contribution is 0.628. The molecule has 3 aromatic heterocycles. The first kappa shape index (κ1) is 26.5. The van der Waals surface area contributed by atoms with E-state index in [0.29, 0.717) is 0 Å². The van der Waals surface area contributed by atoms with E-state index < -0.39 is 0 Å². The highest BCUT2D eigenvalue weighted by Gasteiger charge is 2.21. The van der Waals surface area contributed by atoms with E-state index in [1.165, 1.54) is 38.2 Å². The van der Waals surface area contributed by atoms with Crippen molar-refractivity contribution in [2.45, 2.75) is 0 Å². The van der Waals surface area contributed by atoms with Crippen molar-refractivity contribution < 1.29 is 13.3 Å². The molecule has 0 saturated heterocycles. The van der Waals surface area contributed by atoms with E-state index in [4.69, 9.17) is 13.3 Å². The molecule has 3 nitrogen and oxygen atoms in total. The van der Waals surface area contributed by atoms with E-state index in [2.05, 4.69) is 121 Å². The van der Waals surface area contributed by atoms with Gasteiger partial charge in [0.05, 0.1) is 0 Å². The molecule has 0 unspecified atom stereocenters. The second-order valence-electron chi connectivity index (χ2n) is 12.8. The zero-order valence-corrected chi connectivity index (χ0v) is 26.2. The molecule has 0 aliphatic carbocycles. The molecule has 0 amide bonds. The van der Waals surface area contributed by atoms with Crippen molar-refractivity contribution in [2.75, 3.05) is 0 Å². The first-order chi connectivity index (χ1) is 24.3. The maximum absolute atomic E-state index is 6.42. The summed E-state index contributed by atoms with van der Waals surface area (Å²) in [5.74, 6) is 0.852. The highest BCUT2D eigenvalue weighted by Crippen LogP contribution is 2.47. The van der Waals surface area contributed by atoms with Gasteiger partial charge >= 0.3 is 0 Å². The van der Waals surface area contributed by atoms with Crippen LogP contribution in [0.15, 0.2) is 171 Å². The SMILES string of the molecule is c1ccc(-c2cc3cc4c(cc3o2)oc2ccc(-c3c5ccccc5c(-c5cccc6oc7ccccc7c56)c5ccccc35)cc24)cc1. The monoisotopic (exact) mass is 626 g/mol. The lowest BCUT2D eigenvalue weighted by Crippen LogP contribution is -1.91. The molecule has 0 aliphatic heterocycles. The quantitative estimate of drug-likeness (QED) is 0.183. The van der Waals surface area contributed by atoms with Gasteiger partial charge < -0.3 is 13.3 Å². The van der Waals surface area contributed by atoms with Gasteiger partial charge in [-0.05, 0) is 80.2 Å². The second kappa shape index (κ2) is 9.96. The summed E-state index contributed by atoms with van der Waals surface area (Å²) < 4.78 is 19.0. The average Bonchev–Trinajstić information content (AvgIpc) is 3.86. The minimum Gasteiger partial charge on any atom is -0.456 e. The van der Waals surface area contributed by atoms with Crippen LogP contribution < -0.4 is 0 Å². The van der Waals surface area contributed by atoms with E-state index >= 15 is 0 Å². The standard InChI is InChI=1S/C46H26O3/c1-2-11-27(12-3-1)41-25-29-24-37-36-23-28(21-22-39(36)48-43(37)26-42(29)49-41)44-30-13-4-6-15-32(30)45(33-16-7-5-14-31(33)44)35-18-10-20-40-46(35)34-17-8-9-19-38(34)47-40/h1-26H. The Kier molecular flexibility index (Phi) is 5.38. The normalized spacial score (nSPS) is 12.1. The summed E-state index contributed by atoms with van der Waals surface area (Å²) in [6.07, 6.45) is 0. The minimum atomic E-state index is 0.818. The fraction of sp³-hybridized carbons (Fsp3) is 0. The fourth-order valence-corrected chi connectivity index (χ4v) is 7.92. The number of furan rings is 3. The largest absolute Gasteiger partial charge is 0.456 e. The third kappa shape index (κ3) is 3.84. The Hall–Kier alpha value is -6.58. The van der Waals surface area contributed by atoms with Crippen LogP contribution in [0.3, 0.4) is 0 Å². The van der Waals surface area contributed by atoms with Crippen LogP contribution in [0.1, 0.15) is 0 Å². The van der Waals surface area contributed by atoms with Crippen molar-refractivity contribution in [3.63, 3.8) is 0 Å². The van der Waals surface area contributed by atoms with Gasteiger partial charge in [-0.15, -0.1) is 0 Å². The molecule has 0 N–H and O–H groups in total. The van der Waals surface area contributed by atoms with Crippen LogP contribution in [-0.4, -0.2) is 0 Å². The maximum atomic E-state index is 6.42. The molecule has 3 heteroatoms. The van der Waals surface area contributed by atoms with Crippen molar-refractivity contribution in [2.24, 2.45) is 0 Å². The van der Waals surface area contributed by atoms with Crippen LogP contribution in [0.5, 0.6) is 0 Å². The summed E-state index contributed by atoms with van der Waals surface area (Å²) >= 11 is 0. The van der Waals surface area contributed by atoms with Gasteiger partial charge in [0.25, 0.3) is 0 Å². The molecule has 11 rings (SSSR count). The smallest absolute Gasteiger partial charge is 0.139 e. The van der Waals surface area contributed by atoms with Crippen LogP contribution in [0, 0.1) is 0 Å². The highest BCUT2D eigenvalue weighted by molar-refractivity contribution is 6.26. The summed E-state index contributed by atoms with van der Waals surface area (Å²) in [5, 5.41) is 10.3. The molecular formula is C46H26O3. The second-order valence-corrected chi connectivity index (χ2v) is 12.8. The van der Waals surface area contributed by atoms with Crippen molar-refractivity contribution in [1.29, 1.82) is 0 Å². The summed E-state index contributed by atoms with van der Waals surface area (Å²) in [4.78, 5) is 0. The number of rotatable bonds is 3. The Morgan fingerprint density at radius 2 is 0.918 bits per heavy atom. The predicted molar refractivity (Wildman–Crippen MR) is 202 cm³/mol. The van der Waals surface area contributed by atoms with Gasteiger partial charge in [0.2, 0.25) is 0 Å².